The number of amides is 1. The fourth-order valence-electron chi connectivity index (χ4n) is 2.34. The molecule has 25 heavy (non-hydrogen) atoms. The number of aryl methyl sites for hydroxylation is 2. The molecule has 1 amide bonds. The van der Waals surface area contributed by atoms with Crippen molar-refractivity contribution in [3.05, 3.63) is 63.4 Å². The van der Waals surface area contributed by atoms with Crippen molar-refractivity contribution in [2.24, 2.45) is 0 Å². The van der Waals surface area contributed by atoms with Crippen LogP contribution in [0, 0.1) is 13.8 Å². The highest BCUT2D eigenvalue weighted by atomic mass is 35.5. The van der Waals surface area contributed by atoms with Crippen molar-refractivity contribution < 1.29 is 9.53 Å². The van der Waals surface area contributed by atoms with Crippen molar-refractivity contribution in [1.82, 2.24) is 4.98 Å². The van der Waals surface area contributed by atoms with Crippen LogP contribution in [0.25, 0.3) is 11.3 Å². The average molecular weight is 373 g/mol. The summed E-state index contributed by atoms with van der Waals surface area (Å²) in [4.78, 5) is 16.7. The zero-order valence-electron chi connectivity index (χ0n) is 13.9. The van der Waals surface area contributed by atoms with Gasteiger partial charge in [-0.3, -0.25) is 4.79 Å². The molecule has 0 spiro atoms. The minimum Gasteiger partial charge on any atom is -0.484 e. The lowest BCUT2D eigenvalue weighted by Gasteiger charge is -2.11. The summed E-state index contributed by atoms with van der Waals surface area (Å²) in [6.07, 6.45) is 0. The van der Waals surface area contributed by atoms with E-state index in [1.807, 2.05) is 49.6 Å². The maximum atomic E-state index is 12.2. The molecule has 0 radical (unpaired) electrons. The summed E-state index contributed by atoms with van der Waals surface area (Å²) in [5, 5.41) is 6.52. The van der Waals surface area contributed by atoms with E-state index < -0.39 is 0 Å². The summed E-state index contributed by atoms with van der Waals surface area (Å²) in [7, 11) is 0. The predicted octanol–water partition coefficient (Wildman–Crippen LogP) is 5.10. The number of carbonyl (C=O) groups excluding carboxylic acids is 1. The molecule has 1 heterocycles. The molecule has 2 aromatic carbocycles. The maximum absolute atomic E-state index is 12.2. The Morgan fingerprint density at radius 3 is 2.76 bits per heavy atom. The Morgan fingerprint density at radius 2 is 2.04 bits per heavy atom. The molecule has 0 bridgehead atoms. The van der Waals surface area contributed by atoms with Crippen molar-refractivity contribution in [3.8, 4) is 17.0 Å². The Bertz CT molecular complexity index is 908. The van der Waals surface area contributed by atoms with Crippen molar-refractivity contribution in [3.63, 3.8) is 0 Å². The number of hydrogen-bond donors (Lipinski definition) is 1. The highest BCUT2D eigenvalue weighted by Crippen LogP contribution is 2.28. The Balaban J connectivity index is 1.68. The lowest BCUT2D eigenvalue weighted by molar-refractivity contribution is -0.118. The van der Waals surface area contributed by atoms with Crippen molar-refractivity contribution in [2.45, 2.75) is 13.8 Å². The number of aromatic nitrogens is 1. The van der Waals surface area contributed by atoms with E-state index in [2.05, 4.69) is 10.3 Å². The van der Waals surface area contributed by atoms with Gasteiger partial charge in [-0.25, -0.2) is 4.98 Å². The van der Waals surface area contributed by atoms with E-state index in [4.69, 9.17) is 16.3 Å². The molecule has 0 aliphatic carbocycles. The number of nitrogens with zero attached hydrogens (tertiary/aromatic N) is 1. The first-order chi connectivity index (χ1) is 12.0. The third-order valence-corrected chi connectivity index (χ3v) is 4.79. The Morgan fingerprint density at radius 1 is 1.24 bits per heavy atom. The number of para-hydroxylation sites is 1. The molecular formula is C19H17ClN2O2S. The van der Waals surface area contributed by atoms with Crippen molar-refractivity contribution in [1.29, 1.82) is 0 Å². The number of ether oxygens (including phenoxy) is 1. The molecule has 3 rings (SSSR count). The molecule has 0 unspecified atom stereocenters. The molecule has 0 atom stereocenters. The van der Waals surface area contributed by atoms with Crippen LogP contribution in [-0.2, 0) is 4.79 Å². The normalized spacial score (nSPS) is 10.5. The van der Waals surface area contributed by atoms with Crippen LogP contribution in [0.15, 0.2) is 47.8 Å². The van der Waals surface area contributed by atoms with Crippen LogP contribution in [0.3, 0.4) is 0 Å². The summed E-state index contributed by atoms with van der Waals surface area (Å²) >= 11 is 7.57. The molecule has 128 valence electrons. The van der Waals surface area contributed by atoms with E-state index in [0.29, 0.717) is 16.5 Å². The van der Waals surface area contributed by atoms with Crippen LogP contribution >= 0.6 is 22.9 Å². The number of nitrogens with one attached hydrogen (secondary N) is 1. The van der Waals surface area contributed by atoms with Gasteiger partial charge in [0.15, 0.2) is 6.61 Å². The van der Waals surface area contributed by atoms with Crippen LogP contribution in [0.5, 0.6) is 5.75 Å². The topological polar surface area (TPSA) is 51.2 Å². The van der Waals surface area contributed by atoms with Gasteiger partial charge in [0.2, 0.25) is 0 Å². The average Bonchev–Trinajstić information content (AvgIpc) is 3.03. The fraction of sp³-hybridized carbons (Fsp3) is 0.158. The molecule has 6 heteroatoms. The van der Waals surface area contributed by atoms with E-state index in [-0.39, 0.29) is 12.5 Å². The quantitative estimate of drug-likeness (QED) is 0.678. The van der Waals surface area contributed by atoms with E-state index in [1.54, 1.807) is 23.5 Å². The number of halogens is 1. The van der Waals surface area contributed by atoms with Gasteiger partial charge in [0.25, 0.3) is 5.91 Å². The van der Waals surface area contributed by atoms with Gasteiger partial charge < -0.3 is 10.1 Å². The highest BCUT2D eigenvalue weighted by molar-refractivity contribution is 7.09. The fourth-order valence-corrected chi connectivity index (χ4v) is 3.08. The molecule has 0 saturated heterocycles. The second-order valence-corrected chi connectivity index (χ2v) is 7.01. The summed E-state index contributed by atoms with van der Waals surface area (Å²) in [6, 6.07) is 12.9. The number of thiazole rings is 1. The Labute approximate surface area is 155 Å². The molecular weight excluding hydrogens is 356 g/mol. The number of anilines is 1. The van der Waals surface area contributed by atoms with Gasteiger partial charge in [-0.15, -0.1) is 11.3 Å². The van der Waals surface area contributed by atoms with E-state index in [9.17, 15) is 4.79 Å². The minimum atomic E-state index is -0.230. The van der Waals surface area contributed by atoms with E-state index >= 15 is 0 Å². The Kier molecular flexibility index (Phi) is 5.36. The van der Waals surface area contributed by atoms with Crippen LogP contribution < -0.4 is 10.1 Å². The van der Waals surface area contributed by atoms with Crippen LogP contribution in [0.1, 0.15) is 10.6 Å². The SMILES string of the molecule is Cc1nc(-c2ccccc2NC(=O)COc2ccc(Cl)c(C)c2)cs1. The second kappa shape index (κ2) is 7.68. The summed E-state index contributed by atoms with van der Waals surface area (Å²) in [5.74, 6) is 0.382. The molecule has 1 N–H and O–H groups in total. The summed E-state index contributed by atoms with van der Waals surface area (Å²) < 4.78 is 5.54. The lowest BCUT2D eigenvalue weighted by Crippen LogP contribution is -2.20. The van der Waals surface area contributed by atoms with Gasteiger partial charge in [-0.05, 0) is 43.7 Å². The molecule has 0 aliphatic heterocycles. The first-order valence-corrected chi connectivity index (χ1v) is 8.99. The zero-order valence-corrected chi connectivity index (χ0v) is 15.4. The molecule has 0 fully saturated rings. The molecule has 1 aromatic heterocycles. The van der Waals surface area contributed by atoms with Gasteiger partial charge in [-0.2, -0.15) is 0 Å². The van der Waals surface area contributed by atoms with Gasteiger partial charge in [0.05, 0.1) is 16.4 Å². The highest BCUT2D eigenvalue weighted by Gasteiger charge is 2.11. The number of carbonyl (C=O) groups is 1. The first-order valence-electron chi connectivity index (χ1n) is 7.73. The van der Waals surface area contributed by atoms with E-state index in [1.165, 1.54) is 0 Å². The molecule has 4 nitrogen and oxygen atoms in total. The smallest absolute Gasteiger partial charge is 0.262 e. The monoisotopic (exact) mass is 372 g/mol. The van der Waals surface area contributed by atoms with Gasteiger partial charge in [-0.1, -0.05) is 29.8 Å². The third-order valence-electron chi connectivity index (χ3n) is 3.60. The summed E-state index contributed by atoms with van der Waals surface area (Å²) in [5.41, 5.74) is 3.37. The number of rotatable bonds is 5. The largest absolute Gasteiger partial charge is 0.484 e. The minimum absolute atomic E-state index is 0.0779. The van der Waals surface area contributed by atoms with Gasteiger partial charge in [0, 0.05) is 16.0 Å². The van der Waals surface area contributed by atoms with Crippen LogP contribution in [-0.4, -0.2) is 17.5 Å². The van der Waals surface area contributed by atoms with Crippen molar-refractivity contribution >= 4 is 34.5 Å². The molecule has 0 saturated carbocycles. The van der Waals surface area contributed by atoms with Crippen LogP contribution in [0.2, 0.25) is 5.02 Å². The molecule has 3 aromatic rings. The predicted molar refractivity (Wildman–Crippen MR) is 103 cm³/mol. The lowest BCUT2D eigenvalue weighted by atomic mass is 10.1. The van der Waals surface area contributed by atoms with Gasteiger partial charge >= 0.3 is 0 Å². The van der Waals surface area contributed by atoms with Crippen LogP contribution in [0.4, 0.5) is 5.69 Å². The van der Waals surface area contributed by atoms with E-state index in [0.717, 1.165) is 21.8 Å². The standard InChI is InChI=1S/C19H17ClN2O2S/c1-12-9-14(7-8-16(12)20)24-10-19(23)22-17-6-4-3-5-15(17)18-11-25-13(2)21-18/h3-9,11H,10H2,1-2H3,(H,22,23). The maximum Gasteiger partial charge on any atom is 0.262 e. The zero-order chi connectivity index (χ0) is 17.8. The number of benzene rings is 2. The molecule has 0 aliphatic rings. The third kappa shape index (κ3) is 4.38. The first kappa shape index (κ1) is 17.5. The number of hydrogen-bond acceptors (Lipinski definition) is 4. The Hall–Kier alpha value is -2.37. The van der Waals surface area contributed by atoms with Crippen molar-refractivity contribution in [2.75, 3.05) is 11.9 Å². The summed E-state index contributed by atoms with van der Waals surface area (Å²) in [6.45, 7) is 3.77. The second-order valence-electron chi connectivity index (χ2n) is 5.55. The van der Waals surface area contributed by atoms with Gasteiger partial charge in [0.1, 0.15) is 5.75 Å².